The molecule has 1 aromatic carbocycles. The van der Waals surface area contributed by atoms with E-state index in [2.05, 4.69) is 5.16 Å². The summed E-state index contributed by atoms with van der Waals surface area (Å²) in [6, 6.07) is 4.52. The Morgan fingerprint density at radius 3 is 2.79 bits per heavy atom. The molecule has 0 amide bonds. The number of benzene rings is 1. The maximum absolute atomic E-state index is 11.9. The molecule has 1 aromatic heterocycles. The lowest BCUT2D eigenvalue weighted by atomic mass is 10.2. The van der Waals surface area contributed by atoms with Crippen molar-refractivity contribution >= 4 is 34.9 Å². The van der Waals surface area contributed by atoms with Crippen LogP contribution >= 0.6 is 23.2 Å². The molecule has 0 fully saturated rings. The summed E-state index contributed by atoms with van der Waals surface area (Å²) >= 11 is 11.6. The third-order valence-electron chi connectivity index (χ3n) is 2.34. The fourth-order valence-electron chi connectivity index (χ4n) is 1.45. The minimum Gasteiger partial charge on any atom is -0.454 e. The summed E-state index contributed by atoms with van der Waals surface area (Å²) in [7, 11) is 0. The molecule has 0 aliphatic heterocycles. The standard InChI is InChI=1S/C12H10Cl2N2O3/c1-6-2-8(19-16-6)5-18-12(17)9-3-7(13)4-10(14)11(9)15/h2-4H,5,15H2,1H3. The number of hydrogen-bond donors (Lipinski definition) is 1. The largest absolute Gasteiger partial charge is 0.454 e. The van der Waals surface area contributed by atoms with Gasteiger partial charge in [-0.3, -0.25) is 0 Å². The zero-order valence-electron chi connectivity index (χ0n) is 9.94. The number of nitrogens with zero attached hydrogens (tertiary/aromatic N) is 1. The van der Waals surface area contributed by atoms with Crippen LogP contribution in [0.4, 0.5) is 5.69 Å². The van der Waals surface area contributed by atoms with Crippen LogP contribution in [0.2, 0.25) is 10.0 Å². The first kappa shape index (κ1) is 13.7. The van der Waals surface area contributed by atoms with Gasteiger partial charge in [0.05, 0.1) is 22.0 Å². The van der Waals surface area contributed by atoms with E-state index >= 15 is 0 Å². The van der Waals surface area contributed by atoms with Gasteiger partial charge < -0.3 is 15.0 Å². The molecule has 2 aromatic rings. The summed E-state index contributed by atoms with van der Waals surface area (Å²) in [6.07, 6.45) is 0. The van der Waals surface area contributed by atoms with Crippen molar-refractivity contribution in [2.45, 2.75) is 13.5 Å². The van der Waals surface area contributed by atoms with Crippen LogP contribution in [0.1, 0.15) is 21.8 Å². The third kappa shape index (κ3) is 3.19. The molecule has 5 nitrogen and oxygen atoms in total. The van der Waals surface area contributed by atoms with Gasteiger partial charge >= 0.3 is 5.97 Å². The second-order valence-corrected chi connectivity index (χ2v) is 4.70. The summed E-state index contributed by atoms with van der Waals surface area (Å²) < 4.78 is 9.97. The van der Waals surface area contributed by atoms with Crippen molar-refractivity contribution in [1.82, 2.24) is 5.16 Å². The van der Waals surface area contributed by atoms with Crippen molar-refractivity contribution in [2.75, 3.05) is 5.73 Å². The van der Waals surface area contributed by atoms with Crippen LogP contribution < -0.4 is 5.73 Å². The van der Waals surface area contributed by atoms with Crippen molar-refractivity contribution in [3.05, 3.63) is 45.3 Å². The Bertz CT molecular complexity index is 625. The molecular weight excluding hydrogens is 291 g/mol. The normalized spacial score (nSPS) is 10.5. The molecule has 7 heteroatoms. The lowest BCUT2D eigenvalue weighted by Gasteiger charge is -2.07. The molecule has 0 atom stereocenters. The van der Waals surface area contributed by atoms with Gasteiger partial charge in [-0.1, -0.05) is 28.4 Å². The zero-order chi connectivity index (χ0) is 14.0. The number of nitrogen functional groups attached to an aromatic ring is 1. The zero-order valence-corrected chi connectivity index (χ0v) is 11.5. The Balaban J connectivity index is 2.12. The van der Waals surface area contributed by atoms with Gasteiger partial charge in [-0.15, -0.1) is 0 Å². The van der Waals surface area contributed by atoms with Gasteiger partial charge in [0.2, 0.25) is 0 Å². The predicted octanol–water partition coefficient (Wildman–Crippen LogP) is 3.23. The van der Waals surface area contributed by atoms with E-state index in [9.17, 15) is 4.79 Å². The average molecular weight is 301 g/mol. The molecule has 19 heavy (non-hydrogen) atoms. The molecule has 100 valence electrons. The van der Waals surface area contributed by atoms with E-state index < -0.39 is 5.97 Å². The lowest BCUT2D eigenvalue weighted by molar-refractivity contribution is 0.0438. The number of hydrogen-bond acceptors (Lipinski definition) is 5. The van der Waals surface area contributed by atoms with Crippen LogP contribution in [-0.4, -0.2) is 11.1 Å². The molecule has 0 unspecified atom stereocenters. The number of halogens is 2. The number of esters is 1. The molecular formula is C12H10Cl2N2O3. The number of rotatable bonds is 3. The second kappa shape index (κ2) is 5.50. The molecule has 0 bridgehead atoms. The molecule has 0 spiro atoms. The van der Waals surface area contributed by atoms with Crippen molar-refractivity contribution in [3.8, 4) is 0 Å². The topological polar surface area (TPSA) is 78.4 Å². The smallest absolute Gasteiger partial charge is 0.340 e. The Morgan fingerprint density at radius 2 is 2.16 bits per heavy atom. The van der Waals surface area contributed by atoms with Crippen LogP contribution in [0.25, 0.3) is 0 Å². The second-order valence-electron chi connectivity index (χ2n) is 3.86. The number of nitrogens with two attached hydrogens (primary N) is 1. The summed E-state index contributed by atoms with van der Waals surface area (Å²) in [6.45, 7) is 1.73. The van der Waals surface area contributed by atoms with Crippen LogP contribution in [0.3, 0.4) is 0 Å². The van der Waals surface area contributed by atoms with Crippen molar-refractivity contribution in [2.24, 2.45) is 0 Å². The summed E-state index contributed by atoms with van der Waals surface area (Å²) in [5.74, 6) is -0.187. The third-order valence-corrected chi connectivity index (χ3v) is 2.87. The molecule has 0 aliphatic rings. The quantitative estimate of drug-likeness (QED) is 0.695. The Hall–Kier alpha value is -1.72. The molecule has 0 radical (unpaired) electrons. The van der Waals surface area contributed by atoms with Crippen LogP contribution in [0, 0.1) is 6.92 Å². The molecule has 2 N–H and O–H groups in total. The monoisotopic (exact) mass is 300 g/mol. The maximum atomic E-state index is 11.9. The highest BCUT2D eigenvalue weighted by Crippen LogP contribution is 2.28. The van der Waals surface area contributed by atoms with E-state index in [1.807, 2.05) is 0 Å². The molecule has 0 saturated carbocycles. The van der Waals surface area contributed by atoms with Gasteiger partial charge in [0.25, 0.3) is 0 Å². The number of carbonyl (C=O) groups is 1. The highest BCUT2D eigenvalue weighted by molar-refractivity contribution is 6.37. The number of aryl methyl sites for hydroxylation is 1. The number of aromatic nitrogens is 1. The first-order valence-electron chi connectivity index (χ1n) is 5.31. The van der Waals surface area contributed by atoms with Crippen molar-refractivity contribution in [1.29, 1.82) is 0 Å². The minimum atomic E-state index is -0.629. The van der Waals surface area contributed by atoms with Crippen LogP contribution in [0.15, 0.2) is 22.7 Å². The van der Waals surface area contributed by atoms with E-state index in [0.29, 0.717) is 16.5 Å². The Labute approximate surface area is 119 Å². The van der Waals surface area contributed by atoms with E-state index in [0.717, 1.165) is 0 Å². The highest BCUT2D eigenvalue weighted by atomic mass is 35.5. The van der Waals surface area contributed by atoms with Gasteiger partial charge in [0.15, 0.2) is 12.4 Å². The average Bonchev–Trinajstić information content (AvgIpc) is 2.76. The molecule has 0 saturated heterocycles. The minimum absolute atomic E-state index is 0.0384. The van der Waals surface area contributed by atoms with E-state index in [1.165, 1.54) is 12.1 Å². The predicted molar refractivity (Wildman–Crippen MR) is 71.2 cm³/mol. The molecule has 2 rings (SSSR count). The van der Waals surface area contributed by atoms with Crippen molar-refractivity contribution < 1.29 is 14.1 Å². The SMILES string of the molecule is Cc1cc(COC(=O)c2cc(Cl)cc(Cl)c2N)on1. The van der Waals surface area contributed by atoms with E-state index in [1.54, 1.807) is 13.0 Å². The first-order valence-corrected chi connectivity index (χ1v) is 6.07. The molecule has 1 heterocycles. The number of carbonyl (C=O) groups excluding carboxylic acids is 1. The van der Waals surface area contributed by atoms with Crippen LogP contribution in [0.5, 0.6) is 0 Å². The summed E-state index contributed by atoms with van der Waals surface area (Å²) in [4.78, 5) is 11.9. The van der Waals surface area contributed by atoms with Crippen molar-refractivity contribution in [3.63, 3.8) is 0 Å². The fourth-order valence-corrected chi connectivity index (χ4v) is 1.95. The van der Waals surface area contributed by atoms with Gasteiger partial charge in [-0.2, -0.15) is 0 Å². The van der Waals surface area contributed by atoms with Gasteiger partial charge in [-0.25, -0.2) is 4.79 Å². The Morgan fingerprint density at radius 1 is 1.42 bits per heavy atom. The molecule has 0 aliphatic carbocycles. The van der Waals surface area contributed by atoms with Crippen LogP contribution in [-0.2, 0) is 11.3 Å². The fraction of sp³-hybridized carbons (Fsp3) is 0.167. The number of anilines is 1. The summed E-state index contributed by atoms with van der Waals surface area (Å²) in [5.41, 5.74) is 6.65. The van der Waals surface area contributed by atoms with E-state index in [4.69, 9.17) is 38.2 Å². The van der Waals surface area contributed by atoms with Gasteiger partial charge in [0, 0.05) is 11.1 Å². The maximum Gasteiger partial charge on any atom is 0.340 e. The van der Waals surface area contributed by atoms with E-state index in [-0.39, 0.29) is 22.9 Å². The number of ether oxygens (including phenoxy) is 1. The first-order chi connectivity index (χ1) is 8.97. The van der Waals surface area contributed by atoms with Gasteiger partial charge in [-0.05, 0) is 19.1 Å². The summed E-state index contributed by atoms with van der Waals surface area (Å²) in [5, 5.41) is 4.19. The van der Waals surface area contributed by atoms with Gasteiger partial charge in [0.1, 0.15) is 0 Å². The highest BCUT2D eigenvalue weighted by Gasteiger charge is 2.16. The Kier molecular flexibility index (Phi) is 3.97. The lowest BCUT2D eigenvalue weighted by Crippen LogP contribution is -2.08.